The molecule has 5 aliphatic heterocycles. The predicted molar refractivity (Wildman–Crippen MR) is 269 cm³/mol. The summed E-state index contributed by atoms with van der Waals surface area (Å²) in [7, 11) is 2.97. The Labute approximate surface area is 432 Å². The number of aliphatic carboxylic acids is 1. The Hall–Kier alpha value is -4.20. The molecule has 5 heterocycles. The lowest BCUT2D eigenvalue weighted by Crippen LogP contribution is -3.14. The molecule has 24 heteroatoms. The summed E-state index contributed by atoms with van der Waals surface area (Å²) in [5.41, 5.74) is 19.6. The monoisotopic (exact) mass is 1060 g/mol. The van der Waals surface area contributed by atoms with Crippen LogP contribution in [0.4, 0.5) is 0 Å². The van der Waals surface area contributed by atoms with E-state index in [1.54, 1.807) is 19.9 Å². The van der Waals surface area contributed by atoms with Crippen molar-refractivity contribution in [3.05, 3.63) is 58.2 Å². The summed E-state index contributed by atoms with van der Waals surface area (Å²) >= 11 is 0. The van der Waals surface area contributed by atoms with Gasteiger partial charge in [-0.2, -0.15) is 0 Å². The van der Waals surface area contributed by atoms with Crippen molar-refractivity contribution in [1.82, 2.24) is 5.32 Å². The Bertz CT molecular complexity index is 2270. The molecule has 2 aliphatic carbocycles. The molecule has 14 atom stereocenters. The molecule has 0 radical (unpaired) electrons. The van der Waals surface area contributed by atoms with Gasteiger partial charge in [-0.25, -0.2) is 9.59 Å². The summed E-state index contributed by atoms with van der Waals surface area (Å²) in [6.45, 7) is 2.13. The highest BCUT2D eigenvalue weighted by atomic mass is 33.1. The number of esters is 1. The first-order chi connectivity index (χ1) is 35.0. The summed E-state index contributed by atoms with van der Waals surface area (Å²) in [6.07, 6.45) is 1.49. The van der Waals surface area contributed by atoms with Crippen LogP contribution in [0, 0.1) is 41.4 Å². The lowest BCUT2D eigenvalue weighted by molar-refractivity contribution is -0.870. The van der Waals surface area contributed by atoms with Gasteiger partial charge in [0.15, 0.2) is 24.3 Å². The standard InChI is InChI=1S/C49H71N7O15S2/c1-25(2)68-42-46(70-37(22-60)41(61)49(42,65)66)71-45-31(16-26-6-3-4-7-26)38-28-9-8-27(12-14-53-47(50)51)40(73-72-24-34-29(20-58)10-11-36(34)69-44(64)33(38)23-67-45)35(21-59)56-18-30(17-28)39(32(19-56)43(62)63)55-48(52)54-13-5-15-57/h16-17,19,23,25,27,29,31,34-38,40-42,45-46,57-61,65-66H,3-7,10-15,18,20-22,24H2,1-2H3,(H,62,63)(H4,50,51,53)(H3,52,54,55)/p+1/b28-17+/t27-,29+,31+,34+,35-,36+,37+,38-,40-,41+,42-,45-,46-/m0/s1. The molecule has 0 aromatic carbocycles. The van der Waals surface area contributed by atoms with Gasteiger partial charge in [-0.1, -0.05) is 45.1 Å². The van der Waals surface area contributed by atoms with Crippen LogP contribution >= 0.6 is 21.6 Å². The smallest absolute Gasteiger partial charge is 0.343 e. The van der Waals surface area contributed by atoms with E-state index < -0.39 is 96.5 Å². The molecule has 0 amide bonds. The number of allylic oxidation sites excluding steroid dienone is 2. The second-order valence-electron chi connectivity index (χ2n) is 19.7. The van der Waals surface area contributed by atoms with Crippen molar-refractivity contribution in [3.8, 4) is 11.8 Å². The third-order valence-corrected chi connectivity index (χ3v) is 17.4. The number of aliphatic hydroxyl groups is 7. The Morgan fingerprint density at radius 2 is 1.84 bits per heavy atom. The quantitative estimate of drug-likeness (QED) is 0.0119. The molecule has 1 unspecified atom stereocenters. The number of carbonyl (C=O) groups excluding carboxylic acids is 1. The van der Waals surface area contributed by atoms with Crippen molar-refractivity contribution in [3.63, 3.8) is 0 Å². The van der Waals surface area contributed by atoms with Crippen LogP contribution in [0.2, 0.25) is 0 Å². The minimum Gasteiger partial charge on any atom is -0.477 e. The molecule has 2 saturated carbocycles. The van der Waals surface area contributed by atoms with Crippen LogP contribution in [0.5, 0.6) is 0 Å². The van der Waals surface area contributed by atoms with Crippen LogP contribution in [0.15, 0.2) is 68.2 Å². The summed E-state index contributed by atoms with van der Waals surface area (Å²) < 4.78 is 31.5. The molecule has 16 N–H and O–H groups in total. The number of aliphatic hydroxyl groups excluding tert-OH is 5. The molecule has 7 rings (SSSR count). The van der Waals surface area contributed by atoms with Crippen LogP contribution in [-0.2, 0) is 33.3 Å². The Morgan fingerprint density at radius 1 is 1.07 bits per heavy atom. The van der Waals surface area contributed by atoms with E-state index in [0.29, 0.717) is 54.8 Å². The van der Waals surface area contributed by atoms with Crippen molar-refractivity contribution < 1.29 is 79.0 Å². The third-order valence-electron chi connectivity index (χ3n) is 14.4. The van der Waals surface area contributed by atoms with Gasteiger partial charge < -0.3 is 87.1 Å². The molecular formula is C49H72N7O15S2+. The number of carboxylic acid groups (broad SMARTS) is 1. The summed E-state index contributed by atoms with van der Waals surface area (Å²) in [5, 5.41) is 89.1. The fourth-order valence-electron chi connectivity index (χ4n) is 10.7. The van der Waals surface area contributed by atoms with Crippen molar-refractivity contribution in [2.75, 3.05) is 51.8 Å². The highest BCUT2D eigenvalue weighted by Crippen LogP contribution is 2.46. The van der Waals surface area contributed by atoms with E-state index in [1.807, 2.05) is 6.08 Å². The number of hydrogen-bond donors (Lipinski definition) is 13. The summed E-state index contributed by atoms with van der Waals surface area (Å²) in [6, 6.07) is -0.662. The lowest BCUT2D eigenvalue weighted by Gasteiger charge is -2.48. The molecule has 0 aromatic heterocycles. The maximum atomic E-state index is 15.2. The van der Waals surface area contributed by atoms with Gasteiger partial charge in [-0.3, -0.25) is 14.9 Å². The van der Waals surface area contributed by atoms with Gasteiger partial charge in [0.25, 0.3) is 0 Å². The number of hydrogen-bond acceptors (Lipinski definition) is 18. The van der Waals surface area contributed by atoms with E-state index in [0.717, 1.165) is 18.4 Å². The van der Waals surface area contributed by atoms with Crippen molar-refractivity contribution >= 4 is 45.4 Å². The number of carboxylic acids is 1. The fourth-order valence-corrected chi connectivity index (χ4v) is 14.3. The minimum absolute atomic E-state index is 0.0282. The SMILES string of the molecule is CC(C)O[C@H]1[C@H](O[C@@H]2OC=C3C(=O)O[C@@H]4CC[C@H](CO)[C@H]4CSS[C@H]4[C@H](CCN=C(N)N)C#C/C(=C\C5=C(NC(N)=NCCCO)C(C(=O)O)=C[NH+](C5)[C@H]4CO)[C@H]3[C@H]2C=C2CCCC2)O[C@H](CO)[C@@H](O)C1(O)O. The molecule has 7 aliphatic rings. The van der Waals surface area contributed by atoms with E-state index in [9.17, 15) is 45.6 Å². The Morgan fingerprint density at radius 3 is 2.51 bits per heavy atom. The molecule has 73 heavy (non-hydrogen) atoms. The first kappa shape index (κ1) is 56.5. The third kappa shape index (κ3) is 13.3. The van der Waals surface area contributed by atoms with Gasteiger partial charge in [-0.15, -0.1) is 0 Å². The topological polar surface area (TPSA) is 361 Å². The van der Waals surface area contributed by atoms with Crippen LogP contribution < -0.4 is 27.4 Å². The zero-order valence-electron chi connectivity index (χ0n) is 41.1. The normalized spacial score (nSPS) is 35.2. The van der Waals surface area contributed by atoms with Gasteiger partial charge in [0.2, 0.25) is 12.1 Å². The molecule has 404 valence electrons. The molecule has 0 aromatic rings. The average Bonchev–Trinajstić information content (AvgIpc) is 4.01. The van der Waals surface area contributed by atoms with Crippen LogP contribution in [-0.4, -0.2) is 177 Å². The van der Waals surface area contributed by atoms with E-state index in [-0.39, 0.29) is 85.6 Å². The van der Waals surface area contributed by atoms with Crippen LogP contribution in [0.25, 0.3) is 0 Å². The highest BCUT2D eigenvalue weighted by Gasteiger charge is 2.58. The number of rotatable bonds is 16. The number of aliphatic imine (C=N–C) groups is 2. The number of ether oxygens (including phenoxy) is 5. The van der Waals surface area contributed by atoms with Crippen molar-refractivity contribution in [1.29, 1.82) is 0 Å². The zero-order valence-corrected chi connectivity index (χ0v) is 42.7. The van der Waals surface area contributed by atoms with E-state index >= 15 is 4.79 Å². The molecule has 4 bridgehead atoms. The fraction of sp³-hybridized carbons (Fsp3) is 0.673. The maximum absolute atomic E-state index is 15.2. The number of fused-ring (bicyclic) bond motifs is 8. The maximum Gasteiger partial charge on any atom is 0.343 e. The first-order valence-electron chi connectivity index (χ1n) is 25.0. The molecular weight excluding hydrogens is 991 g/mol. The van der Waals surface area contributed by atoms with Gasteiger partial charge >= 0.3 is 11.9 Å². The molecule has 22 nitrogen and oxygen atoms in total. The van der Waals surface area contributed by atoms with E-state index in [1.165, 1.54) is 34.0 Å². The van der Waals surface area contributed by atoms with Crippen molar-refractivity contribution in [2.24, 2.45) is 56.8 Å². The summed E-state index contributed by atoms with van der Waals surface area (Å²) in [5.74, 6) is -1.07. The number of quaternary nitrogens is 1. The Balaban J connectivity index is 1.51. The van der Waals surface area contributed by atoms with Gasteiger partial charge in [-0.05, 0) is 77.2 Å². The molecule has 1 saturated heterocycles. The number of nitrogens with two attached hydrogens (primary N) is 3. The van der Waals surface area contributed by atoms with Crippen LogP contribution in [0.3, 0.4) is 0 Å². The molecule has 0 spiro atoms. The zero-order chi connectivity index (χ0) is 52.6. The second kappa shape index (κ2) is 25.6. The van der Waals surface area contributed by atoms with Crippen molar-refractivity contribution in [2.45, 2.75) is 125 Å². The number of guanidine groups is 2. The number of nitrogens with zero attached hydrogens (tertiary/aromatic N) is 2. The average molecular weight is 1060 g/mol. The van der Waals surface area contributed by atoms with E-state index in [4.69, 9.17) is 40.9 Å². The number of nitrogens with one attached hydrogen (secondary N) is 2. The van der Waals surface area contributed by atoms with Crippen LogP contribution in [0.1, 0.15) is 65.2 Å². The Kier molecular flexibility index (Phi) is 19.8. The lowest BCUT2D eigenvalue weighted by atomic mass is 9.76. The first-order valence-corrected chi connectivity index (χ1v) is 27.3. The van der Waals surface area contributed by atoms with Gasteiger partial charge in [0, 0.05) is 61.0 Å². The predicted octanol–water partition coefficient (Wildman–Crippen LogP) is -1.79. The van der Waals surface area contributed by atoms with E-state index in [2.05, 4.69) is 27.1 Å². The van der Waals surface area contributed by atoms with Gasteiger partial charge in [0.05, 0.1) is 48.0 Å². The largest absolute Gasteiger partial charge is 0.477 e. The van der Waals surface area contributed by atoms with Gasteiger partial charge in [0.1, 0.15) is 42.7 Å². The number of carbonyl (C=O) groups is 2. The minimum atomic E-state index is -2.99. The second-order valence-corrected chi connectivity index (χ2v) is 22.3. The summed E-state index contributed by atoms with van der Waals surface area (Å²) in [4.78, 5) is 37.8. The molecule has 3 fully saturated rings. The highest BCUT2D eigenvalue weighted by molar-refractivity contribution is 8.77.